The van der Waals surface area contributed by atoms with E-state index in [1.807, 2.05) is 0 Å². The van der Waals surface area contributed by atoms with Gasteiger partial charge in [-0.25, -0.2) is 13.7 Å². The van der Waals surface area contributed by atoms with Gasteiger partial charge in [0.25, 0.3) is 0 Å². The Morgan fingerprint density at radius 1 is 0.826 bits per heavy atom. The third kappa shape index (κ3) is 18.1. The Balaban J connectivity index is 0. The predicted molar refractivity (Wildman–Crippen MR) is 67.3 cm³/mol. The lowest BCUT2D eigenvalue weighted by molar-refractivity contribution is -0.127. The number of carbonyl (C=O) groups excluding carboxylic acids is 1. The van der Waals surface area contributed by atoms with E-state index in [1.54, 1.807) is 0 Å². The van der Waals surface area contributed by atoms with Crippen molar-refractivity contribution in [1.29, 1.82) is 0 Å². The molecule has 0 aromatic heterocycles. The summed E-state index contributed by atoms with van der Waals surface area (Å²) in [5.41, 5.74) is 0. The smallest absolute Gasteiger partial charge is 0.388 e. The van der Waals surface area contributed by atoms with E-state index in [0.29, 0.717) is 0 Å². The fourth-order valence-corrected chi connectivity index (χ4v) is 2.17. The highest BCUT2D eigenvalue weighted by molar-refractivity contribution is 7.60. The van der Waals surface area contributed by atoms with Crippen molar-refractivity contribution in [3.63, 3.8) is 0 Å². The maximum atomic E-state index is 10.1. The van der Waals surface area contributed by atoms with Crippen molar-refractivity contribution in [2.45, 2.75) is 18.3 Å². The fourth-order valence-electron chi connectivity index (χ4n) is 0.719. The summed E-state index contributed by atoms with van der Waals surface area (Å²) in [7, 11) is -14.8. The normalized spacial score (nSPS) is 16.7. The van der Waals surface area contributed by atoms with Crippen LogP contribution < -0.4 is 0 Å². The molecule has 18 heteroatoms. The van der Waals surface area contributed by atoms with Crippen LogP contribution in [0.1, 0.15) is 0 Å². The highest BCUT2D eigenvalue weighted by Gasteiger charge is 2.28. The van der Waals surface area contributed by atoms with Crippen molar-refractivity contribution < 1.29 is 72.0 Å². The molecule has 0 amide bonds. The minimum Gasteiger partial charge on any atom is -0.388 e. The van der Waals surface area contributed by atoms with E-state index in [2.05, 4.69) is 8.83 Å². The quantitative estimate of drug-likeness (QED) is 0.140. The number of hydrogen-bond donors (Lipinski definition) is 9. The van der Waals surface area contributed by atoms with Gasteiger partial charge in [-0.3, -0.25) is 4.52 Å². The van der Waals surface area contributed by atoms with Crippen LogP contribution in [0.5, 0.6) is 0 Å². The first-order valence-electron chi connectivity index (χ1n) is 5.00. The van der Waals surface area contributed by atoms with Gasteiger partial charge in [0.1, 0.15) is 18.3 Å². The molecule has 0 aliphatic carbocycles. The van der Waals surface area contributed by atoms with Crippen LogP contribution in [-0.4, -0.2) is 75.9 Å². The summed E-state index contributed by atoms with van der Waals surface area (Å²) in [6.45, 7) is -0.893. The molecule has 0 saturated carbocycles. The van der Waals surface area contributed by atoms with Crippen molar-refractivity contribution in [3.8, 4) is 0 Å². The SMILES string of the molecule is O=C[C@H](O)[C@H](O)[C@H](O)COP(=O)(O)O.O=P(O)(O)OP(=O)(O)O. The summed E-state index contributed by atoms with van der Waals surface area (Å²) in [6, 6.07) is 0. The number of aliphatic hydroxyl groups is 3. The van der Waals surface area contributed by atoms with Crippen molar-refractivity contribution in [3.05, 3.63) is 0 Å². The first kappa shape index (κ1) is 25.2. The van der Waals surface area contributed by atoms with Gasteiger partial charge in [0.2, 0.25) is 0 Å². The molecule has 0 rings (SSSR count). The topological polar surface area (TPSA) is 269 Å². The zero-order valence-corrected chi connectivity index (χ0v) is 13.5. The molecule has 0 unspecified atom stereocenters. The largest absolute Gasteiger partial charge is 0.478 e. The van der Waals surface area contributed by atoms with Gasteiger partial charge in [0, 0.05) is 0 Å². The van der Waals surface area contributed by atoms with Crippen LogP contribution in [0.4, 0.5) is 0 Å². The molecular formula is C5H15O15P3. The number of phosphoric ester groups is 1. The molecule has 9 N–H and O–H groups in total. The molecule has 0 aromatic rings. The molecule has 140 valence electrons. The highest BCUT2D eigenvalue weighted by atomic mass is 31.3. The molecule has 0 spiro atoms. The van der Waals surface area contributed by atoms with E-state index in [9.17, 15) is 18.5 Å². The van der Waals surface area contributed by atoms with Crippen LogP contribution in [0, 0.1) is 0 Å². The van der Waals surface area contributed by atoms with Crippen LogP contribution in [0.3, 0.4) is 0 Å². The molecule has 0 fully saturated rings. The monoisotopic (exact) mass is 408 g/mol. The minimum atomic E-state index is -5.05. The van der Waals surface area contributed by atoms with Crippen LogP contribution in [-0.2, 0) is 27.3 Å². The molecule has 0 saturated heterocycles. The molecule has 3 atom stereocenters. The Labute approximate surface area is 127 Å². The van der Waals surface area contributed by atoms with Crippen LogP contribution >= 0.6 is 23.5 Å². The summed E-state index contributed by atoms with van der Waals surface area (Å²) < 4.78 is 36.2. The second kappa shape index (κ2) is 10.0. The maximum absolute atomic E-state index is 10.1. The first-order chi connectivity index (χ1) is 9.98. The summed E-state index contributed by atoms with van der Waals surface area (Å²) in [4.78, 5) is 57.4. The molecule has 0 radical (unpaired) electrons. The van der Waals surface area contributed by atoms with Gasteiger partial charge in [0.15, 0.2) is 6.29 Å². The van der Waals surface area contributed by atoms with Gasteiger partial charge in [-0.05, 0) is 0 Å². The lowest BCUT2D eigenvalue weighted by Crippen LogP contribution is -2.40. The third-order valence-corrected chi connectivity index (χ3v) is 3.70. The highest BCUT2D eigenvalue weighted by Crippen LogP contribution is 2.53. The Morgan fingerprint density at radius 3 is 1.43 bits per heavy atom. The average Bonchev–Trinajstić information content (AvgIpc) is 2.29. The molecular weight excluding hydrogens is 393 g/mol. The zero-order chi connectivity index (χ0) is 19.1. The van der Waals surface area contributed by atoms with Crippen LogP contribution in [0.25, 0.3) is 0 Å². The molecule has 23 heavy (non-hydrogen) atoms. The second-order valence-electron chi connectivity index (χ2n) is 3.53. The number of aliphatic hydroxyl groups excluding tert-OH is 3. The van der Waals surface area contributed by atoms with Gasteiger partial charge < -0.3 is 49.5 Å². The molecule has 15 nitrogen and oxygen atoms in total. The number of aldehydes is 1. The number of rotatable bonds is 8. The Bertz CT molecular complexity index is 465. The Hall–Kier alpha value is -0.0800. The van der Waals surface area contributed by atoms with E-state index in [0.717, 1.165) is 0 Å². The molecule has 0 aliphatic rings. The Morgan fingerprint density at radius 2 is 1.22 bits per heavy atom. The van der Waals surface area contributed by atoms with Gasteiger partial charge in [-0.2, -0.15) is 4.31 Å². The lowest BCUT2D eigenvalue weighted by atomic mass is 10.1. The molecule has 0 aromatic carbocycles. The van der Waals surface area contributed by atoms with Gasteiger partial charge in [-0.15, -0.1) is 0 Å². The van der Waals surface area contributed by atoms with E-state index in [-0.39, 0.29) is 6.29 Å². The summed E-state index contributed by atoms with van der Waals surface area (Å²) in [5, 5.41) is 26.6. The first-order valence-corrected chi connectivity index (χ1v) is 9.59. The van der Waals surface area contributed by atoms with Crippen molar-refractivity contribution in [2.75, 3.05) is 6.61 Å². The average molecular weight is 408 g/mol. The maximum Gasteiger partial charge on any atom is 0.478 e. The van der Waals surface area contributed by atoms with Crippen molar-refractivity contribution >= 4 is 29.8 Å². The second-order valence-corrected chi connectivity index (χ2v) is 7.39. The lowest BCUT2D eigenvalue weighted by Gasteiger charge is -2.19. The minimum absolute atomic E-state index is 0.0225. The number of carbonyl (C=O) groups is 1. The van der Waals surface area contributed by atoms with Crippen molar-refractivity contribution in [1.82, 2.24) is 0 Å². The number of hydrogen-bond acceptors (Lipinski definition) is 9. The molecule has 0 heterocycles. The summed E-state index contributed by atoms with van der Waals surface area (Å²) >= 11 is 0. The van der Waals surface area contributed by atoms with E-state index in [1.165, 1.54) is 0 Å². The van der Waals surface area contributed by atoms with Crippen molar-refractivity contribution in [2.24, 2.45) is 0 Å². The van der Waals surface area contributed by atoms with E-state index >= 15 is 0 Å². The van der Waals surface area contributed by atoms with Crippen LogP contribution in [0.15, 0.2) is 0 Å². The van der Waals surface area contributed by atoms with E-state index < -0.39 is 48.4 Å². The third-order valence-electron chi connectivity index (χ3n) is 1.51. The molecule has 0 aliphatic heterocycles. The van der Waals surface area contributed by atoms with Crippen LogP contribution in [0.2, 0.25) is 0 Å². The standard InChI is InChI=1S/C5H11O8P.H4O7P2/c6-1-3(7)5(9)4(8)2-13-14(10,11)12;1-8(2,3)7-9(4,5)6/h1,3-5,7-9H,2H2,(H2,10,11,12);(H2,1,2,3)(H2,4,5,6)/t3-,4+,5-;/m0./s1. The van der Waals surface area contributed by atoms with Gasteiger partial charge in [-0.1, -0.05) is 0 Å². The Kier molecular flexibility index (Phi) is 11.0. The van der Waals surface area contributed by atoms with E-state index in [4.69, 9.17) is 44.7 Å². The summed E-state index contributed by atoms with van der Waals surface area (Å²) in [5.74, 6) is 0. The fraction of sp³-hybridized carbons (Fsp3) is 0.800. The zero-order valence-electron chi connectivity index (χ0n) is 10.8. The van der Waals surface area contributed by atoms with Gasteiger partial charge in [0.05, 0.1) is 6.61 Å². The summed E-state index contributed by atoms with van der Waals surface area (Å²) in [6.07, 6.45) is -5.46. The predicted octanol–water partition coefficient (Wildman–Crippen LogP) is -3.43. The number of phosphoric acid groups is 3. The van der Waals surface area contributed by atoms with Gasteiger partial charge >= 0.3 is 23.5 Å². The molecule has 0 bridgehead atoms.